The highest BCUT2D eigenvalue weighted by Crippen LogP contribution is 2.25. The molecule has 1 amide bonds. The van der Waals surface area contributed by atoms with Gasteiger partial charge in [0.15, 0.2) is 0 Å². The average molecular weight is 374 g/mol. The lowest BCUT2D eigenvalue weighted by Gasteiger charge is -2.36. The summed E-state index contributed by atoms with van der Waals surface area (Å²) in [4.78, 5) is 16.8. The zero-order chi connectivity index (χ0) is 18.5. The van der Waals surface area contributed by atoms with Crippen LogP contribution in [0.15, 0.2) is 42.5 Å². The second-order valence-corrected chi connectivity index (χ2v) is 6.91. The van der Waals surface area contributed by atoms with Crippen LogP contribution >= 0.6 is 11.6 Å². The highest BCUT2D eigenvalue weighted by molar-refractivity contribution is 6.30. The lowest BCUT2D eigenvalue weighted by atomic mass is 10.1. The van der Waals surface area contributed by atoms with Crippen LogP contribution in [0.5, 0.6) is 5.75 Å². The molecule has 0 bridgehead atoms. The molecule has 2 aromatic carbocycles. The zero-order valence-corrected chi connectivity index (χ0v) is 15.9. The number of amides is 1. The Kier molecular flexibility index (Phi) is 6.01. The van der Waals surface area contributed by atoms with E-state index < -0.39 is 0 Å². The molecule has 138 valence electrons. The fraction of sp³-hybridized carbons (Fsp3) is 0.350. The molecule has 6 heteroatoms. The van der Waals surface area contributed by atoms with Crippen LogP contribution in [0.3, 0.4) is 0 Å². The fourth-order valence-electron chi connectivity index (χ4n) is 3.15. The third-order valence-electron chi connectivity index (χ3n) is 4.63. The Morgan fingerprint density at radius 3 is 2.46 bits per heavy atom. The number of carbonyl (C=O) groups excluding carboxylic acids is 1. The normalized spacial score (nSPS) is 15.0. The molecule has 3 rings (SSSR count). The van der Waals surface area contributed by atoms with E-state index in [4.69, 9.17) is 16.3 Å². The van der Waals surface area contributed by atoms with Gasteiger partial charge >= 0.3 is 0 Å². The highest BCUT2D eigenvalue weighted by atomic mass is 35.5. The van der Waals surface area contributed by atoms with Crippen molar-refractivity contribution in [3.8, 4) is 5.75 Å². The van der Waals surface area contributed by atoms with Crippen molar-refractivity contribution >= 4 is 28.9 Å². The number of aryl methyl sites for hydroxylation is 1. The standard InChI is InChI=1S/C20H24ClN3O2/c1-15-3-4-16(21)13-19(15)24-11-9-23(10-12-24)14-20(25)22-17-5-7-18(26-2)8-6-17/h3-8,13H,9-12,14H2,1-2H3,(H,22,25). The smallest absolute Gasteiger partial charge is 0.238 e. The third-order valence-corrected chi connectivity index (χ3v) is 4.86. The first-order valence-corrected chi connectivity index (χ1v) is 9.10. The number of methoxy groups -OCH3 is 1. The quantitative estimate of drug-likeness (QED) is 0.872. The first-order chi connectivity index (χ1) is 12.5. The second kappa shape index (κ2) is 8.43. The molecule has 1 fully saturated rings. The van der Waals surface area contributed by atoms with Crippen LogP contribution in [0, 0.1) is 6.92 Å². The van der Waals surface area contributed by atoms with Crippen molar-refractivity contribution in [2.75, 3.05) is 50.1 Å². The summed E-state index contributed by atoms with van der Waals surface area (Å²) in [5, 5.41) is 3.69. The highest BCUT2D eigenvalue weighted by Gasteiger charge is 2.20. The number of nitrogens with one attached hydrogen (secondary N) is 1. The van der Waals surface area contributed by atoms with Crippen LogP contribution in [0.4, 0.5) is 11.4 Å². The van der Waals surface area contributed by atoms with Gasteiger partial charge in [0.1, 0.15) is 5.75 Å². The van der Waals surface area contributed by atoms with Gasteiger partial charge in [-0.05, 0) is 48.9 Å². The molecule has 0 atom stereocenters. The van der Waals surface area contributed by atoms with E-state index in [0.29, 0.717) is 6.54 Å². The van der Waals surface area contributed by atoms with Crippen LogP contribution in [-0.4, -0.2) is 50.6 Å². The van der Waals surface area contributed by atoms with Gasteiger partial charge in [-0.15, -0.1) is 0 Å². The molecule has 1 aliphatic heterocycles. The number of rotatable bonds is 5. The SMILES string of the molecule is COc1ccc(NC(=O)CN2CCN(c3cc(Cl)ccc3C)CC2)cc1. The molecule has 26 heavy (non-hydrogen) atoms. The molecule has 0 unspecified atom stereocenters. The van der Waals surface area contributed by atoms with E-state index in [0.717, 1.165) is 42.6 Å². The molecule has 2 aromatic rings. The maximum atomic E-state index is 12.3. The molecule has 1 saturated heterocycles. The molecular weight excluding hydrogens is 350 g/mol. The summed E-state index contributed by atoms with van der Waals surface area (Å²) in [5.74, 6) is 0.776. The lowest BCUT2D eigenvalue weighted by molar-refractivity contribution is -0.117. The van der Waals surface area contributed by atoms with Crippen LogP contribution in [0.25, 0.3) is 0 Å². The van der Waals surface area contributed by atoms with E-state index in [-0.39, 0.29) is 5.91 Å². The summed E-state index contributed by atoms with van der Waals surface area (Å²) < 4.78 is 5.12. The van der Waals surface area contributed by atoms with Gasteiger partial charge in [0.2, 0.25) is 5.91 Å². The molecule has 0 radical (unpaired) electrons. The van der Waals surface area contributed by atoms with Gasteiger partial charge in [0, 0.05) is 42.6 Å². The summed E-state index contributed by atoms with van der Waals surface area (Å²) in [5.41, 5.74) is 3.18. The third kappa shape index (κ3) is 4.68. The largest absolute Gasteiger partial charge is 0.497 e. The van der Waals surface area contributed by atoms with E-state index in [1.807, 2.05) is 42.5 Å². The molecule has 0 aromatic heterocycles. The Bertz CT molecular complexity index is 756. The predicted octanol–water partition coefficient (Wildman–Crippen LogP) is 3.42. The van der Waals surface area contributed by atoms with Gasteiger partial charge in [-0.1, -0.05) is 17.7 Å². The number of hydrogen-bond acceptors (Lipinski definition) is 4. The van der Waals surface area contributed by atoms with Crippen molar-refractivity contribution in [2.45, 2.75) is 6.92 Å². The van der Waals surface area contributed by atoms with Crippen molar-refractivity contribution < 1.29 is 9.53 Å². The molecular formula is C20H24ClN3O2. The Hall–Kier alpha value is -2.24. The van der Waals surface area contributed by atoms with Crippen LogP contribution in [-0.2, 0) is 4.79 Å². The molecule has 0 aliphatic carbocycles. The Morgan fingerprint density at radius 2 is 1.81 bits per heavy atom. The van der Waals surface area contributed by atoms with E-state index in [1.165, 1.54) is 11.3 Å². The minimum absolute atomic E-state index is 0.00236. The molecule has 0 spiro atoms. The number of nitrogens with zero attached hydrogens (tertiary/aromatic N) is 2. The number of benzene rings is 2. The summed E-state index contributed by atoms with van der Waals surface area (Å²) >= 11 is 6.13. The maximum Gasteiger partial charge on any atom is 0.238 e. The van der Waals surface area contributed by atoms with E-state index in [1.54, 1.807) is 7.11 Å². The average Bonchev–Trinajstić information content (AvgIpc) is 2.65. The number of halogens is 1. The monoisotopic (exact) mass is 373 g/mol. The van der Waals surface area contributed by atoms with Gasteiger partial charge in [0.05, 0.1) is 13.7 Å². The summed E-state index contributed by atoms with van der Waals surface area (Å²) in [7, 11) is 1.62. The van der Waals surface area contributed by atoms with Gasteiger partial charge < -0.3 is 15.0 Å². The first-order valence-electron chi connectivity index (χ1n) is 8.72. The molecule has 5 nitrogen and oxygen atoms in total. The van der Waals surface area contributed by atoms with E-state index in [2.05, 4.69) is 22.0 Å². The zero-order valence-electron chi connectivity index (χ0n) is 15.2. The Balaban J connectivity index is 1.50. The fourth-order valence-corrected chi connectivity index (χ4v) is 3.31. The van der Waals surface area contributed by atoms with E-state index in [9.17, 15) is 4.79 Å². The number of hydrogen-bond donors (Lipinski definition) is 1. The molecule has 1 heterocycles. The summed E-state index contributed by atoms with van der Waals surface area (Å²) in [6.07, 6.45) is 0. The Morgan fingerprint density at radius 1 is 1.12 bits per heavy atom. The first kappa shape index (κ1) is 18.5. The lowest BCUT2D eigenvalue weighted by Crippen LogP contribution is -2.48. The topological polar surface area (TPSA) is 44.8 Å². The number of ether oxygens (including phenoxy) is 1. The minimum atomic E-state index is 0.00236. The number of carbonyl (C=O) groups is 1. The van der Waals surface area contributed by atoms with Gasteiger partial charge in [0.25, 0.3) is 0 Å². The van der Waals surface area contributed by atoms with Crippen molar-refractivity contribution in [3.63, 3.8) is 0 Å². The summed E-state index contributed by atoms with van der Waals surface area (Å²) in [6, 6.07) is 13.3. The maximum absolute atomic E-state index is 12.3. The minimum Gasteiger partial charge on any atom is -0.497 e. The van der Waals surface area contributed by atoms with Crippen molar-refractivity contribution in [3.05, 3.63) is 53.1 Å². The number of anilines is 2. The van der Waals surface area contributed by atoms with Gasteiger partial charge in [-0.2, -0.15) is 0 Å². The van der Waals surface area contributed by atoms with Crippen LogP contribution < -0.4 is 15.0 Å². The van der Waals surface area contributed by atoms with Crippen LogP contribution in [0.2, 0.25) is 5.02 Å². The molecule has 1 N–H and O–H groups in total. The van der Waals surface area contributed by atoms with Gasteiger partial charge in [-0.25, -0.2) is 0 Å². The van der Waals surface area contributed by atoms with Gasteiger partial charge in [-0.3, -0.25) is 9.69 Å². The Labute approximate surface area is 159 Å². The number of piperazine rings is 1. The molecule has 1 aliphatic rings. The van der Waals surface area contributed by atoms with Crippen molar-refractivity contribution in [1.82, 2.24) is 4.90 Å². The molecule has 0 saturated carbocycles. The van der Waals surface area contributed by atoms with E-state index >= 15 is 0 Å². The van der Waals surface area contributed by atoms with Crippen molar-refractivity contribution in [2.24, 2.45) is 0 Å². The predicted molar refractivity (Wildman–Crippen MR) is 106 cm³/mol. The van der Waals surface area contributed by atoms with Crippen molar-refractivity contribution in [1.29, 1.82) is 0 Å². The summed E-state index contributed by atoms with van der Waals surface area (Å²) in [6.45, 7) is 5.96. The second-order valence-electron chi connectivity index (χ2n) is 6.47. The van der Waals surface area contributed by atoms with Crippen LogP contribution in [0.1, 0.15) is 5.56 Å².